The summed E-state index contributed by atoms with van der Waals surface area (Å²) in [7, 11) is 0. The molecule has 0 aromatic heterocycles. The first-order valence-corrected chi connectivity index (χ1v) is 12.2. The van der Waals surface area contributed by atoms with Crippen molar-refractivity contribution < 1.29 is 20.4 Å². The molecular weight excluding hydrogens is 402 g/mol. The van der Waals surface area contributed by atoms with E-state index in [2.05, 4.69) is 95.1 Å². The van der Waals surface area contributed by atoms with Crippen molar-refractivity contribution in [1.82, 2.24) is 0 Å². The van der Waals surface area contributed by atoms with Crippen LogP contribution in [0, 0.1) is 0 Å². The Balaban J connectivity index is -0.000000325. The molecule has 0 spiro atoms. The Labute approximate surface area is 201 Å². The van der Waals surface area contributed by atoms with Gasteiger partial charge in [-0.3, -0.25) is 0 Å². The van der Waals surface area contributed by atoms with Crippen LogP contribution in [0.4, 0.5) is 0 Å². The zero-order chi connectivity index (χ0) is 23.1. The molecule has 0 aromatic carbocycles. The van der Waals surface area contributed by atoms with E-state index < -0.39 is 0 Å². The Morgan fingerprint density at radius 2 is 1.13 bits per heavy atom. The summed E-state index contributed by atoms with van der Waals surface area (Å²) in [5, 5.41) is 12.5. The third kappa shape index (κ3) is 41.6. The molecule has 0 fully saturated rings. The van der Waals surface area contributed by atoms with Gasteiger partial charge in [0.15, 0.2) is 0 Å². The van der Waals surface area contributed by atoms with E-state index in [9.17, 15) is 0 Å². The normalized spacial score (nSPS) is 11.0. The van der Waals surface area contributed by atoms with Gasteiger partial charge in [0.2, 0.25) is 0 Å². The third-order valence-corrected chi connectivity index (χ3v) is 4.19. The summed E-state index contributed by atoms with van der Waals surface area (Å²) in [5.41, 5.74) is 0. The van der Waals surface area contributed by atoms with Gasteiger partial charge in [-0.15, -0.1) is 39.4 Å². The molecule has 0 unspecified atom stereocenters. The molecule has 0 heterocycles. The molecule has 1 aliphatic rings. The third-order valence-electron chi connectivity index (χ3n) is 3.62. The molecule has 0 atom stereocenters. The van der Waals surface area contributed by atoms with Crippen LogP contribution < -0.4 is 0 Å². The topological polar surface area (TPSA) is 42.3 Å². The first kappa shape index (κ1) is 33.9. The van der Waals surface area contributed by atoms with Gasteiger partial charge in [0.1, 0.15) is 0 Å². The van der Waals surface area contributed by atoms with Crippen LogP contribution in [-0.4, -0.2) is 39.3 Å². The minimum absolute atomic E-state index is 0.955. The first-order chi connectivity index (χ1) is 14.6. The van der Waals surface area contributed by atoms with E-state index in [1.54, 1.807) is 0 Å². The Hall–Kier alpha value is -0.706. The van der Waals surface area contributed by atoms with Crippen molar-refractivity contribution in [3.63, 3.8) is 0 Å². The van der Waals surface area contributed by atoms with Crippen LogP contribution in [0.15, 0.2) is 60.1 Å². The fraction of sp³-hybridized carbons (Fsp3) is 0.615. The summed E-state index contributed by atoms with van der Waals surface area (Å²) < 4.78 is 1.47. The number of unbranched alkanes of at least 4 members (excludes halogenated alkanes) is 3. The molecule has 30 heavy (non-hydrogen) atoms. The Bertz CT molecular complexity index is 365. The van der Waals surface area contributed by atoms with Crippen LogP contribution in [0.5, 0.6) is 0 Å². The molecule has 4 heteroatoms. The SMILES string of the molecule is C=CCCC[N-]CC.C=CCCC[N-]CC.C=CCCC[N-]CC.[Ti+3][C]1=CC=CC1. The number of hydrogen-bond acceptors (Lipinski definition) is 0. The van der Waals surface area contributed by atoms with Crippen LogP contribution in [-0.2, 0) is 20.4 Å². The average Bonchev–Trinajstić information content (AvgIpc) is 3.24. The number of allylic oxidation sites excluding steroid dienone is 7. The van der Waals surface area contributed by atoms with Crippen LogP contribution in [0.1, 0.15) is 65.7 Å². The van der Waals surface area contributed by atoms with E-state index in [1.165, 1.54) is 10.3 Å². The summed E-state index contributed by atoms with van der Waals surface area (Å²) >= 11 is 2.14. The fourth-order valence-electron chi connectivity index (χ4n) is 1.96. The quantitative estimate of drug-likeness (QED) is 0.137. The number of rotatable bonds is 15. The summed E-state index contributed by atoms with van der Waals surface area (Å²) in [6.07, 6.45) is 20.2. The van der Waals surface area contributed by atoms with Crippen molar-refractivity contribution in [2.75, 3.05) is 39.3 Å². The molecule has 0 saturated heterocycles. The molecule has 0 bridgehead atoms. The monoisotopic (exact) mass is 449 g/mol. The molecule has 1 aliphatic carbocycles. The Kier molecular flexibility index (Phi) is 40.4. The van der Waals surface area contributed by atoms with Gasteiger partial charge < -0.3 is 16.0 Å². The van der Waals surface area contributed by atoms with E-state index in [-0.39, 0.29) is 0 Å². The van der Waals surface area contributed by atoms with E-state index in [4.69, 9.17) is 0 Å². The van der Waals surface area contributed by atoms with Gasteiger partial charge in [0.05, 0.1) is 0 Å². The van der Waals surface area contributed by atoms with Gasteiger partial charge in [-0.05, 0) is 19.3 Å². The molecule has 170 valence electrons. The minimum atomic E-state index is 0.955. The summed E-state index contributed by atoms with van der Waals surface area (Å²) in [4.78, 5) is 0. The van der Waals surface area contributed by atoms with Gasteiger partial charge in [-0.25, -0.2) is 0 Å². The van der Waals surface area contributed by atoms with E-state index >= 15 is 0 Å². The molecule has 0 amide bonds. The van der Waals surface area contributed by atoms with Gasteiger partial charge >= 0.3 is 49.0 Å². The second kappa shape index (κ2) is 35.7. The summed E-state index contributed by atoms with van der Waals surface area (Å²) in [6, 6.07) is 0. The van der Waals surface area contributed by atoms with Crippen LogP contribution in [0.3, 0.4) is 0 Å². The predicted molar refractivity (Wildman–Crippen MR) is 136 cm³/mol. The van der Waals surface area contributed by atoms with Crippen molar-refractivity contribution >= 4 is 0 Å². The van der Waals surface area contributed by atoms with Crippen molar-refractivity contribution in [2.45, 2.75) is 65.7 Å². The van der Waals surface area contributed by atoms with Gasteiger partial charge in [0, 0.05) is 0 Å². The van der Waals surface area contributed by atoms with Crippen molar-refractivity contribution in [3.05, 3.63) is 76.0 Å². The molecule has 0 aromatic rings. The van der Waals surface area contributed by atoms with E-state index in [1.807, 2.05) is 18.2 Å². The molecule has 1 rings (SSSR count). The molecule has 0 saturated carbocycles. The molecule has 0 aliphatic heterocycles. The average molecular weight is 450 g/mol. The zero-order valence-corrected chi connectivity index (χ0v) is 21.7. The van der Waals surface area contributed by atoms with Crippen LogP contribution in [0.2, 0.25) is 0 Å². The van der Waals surface area contributed by atoms with E-state index in [0.717, 1.165) is 77.8 Å². The Morgan fingerprint density at radius 1 is 0.767 bits per heavy atom. The summed E-state index contributed by atoms with van der Waals surface area (Å²) in [5.74, 6) is 0. The van der Waals surface area contributed by atoms with Gasteiger partial charge in [0.25, 0.3) is 0 Å². The fourth-order valence-corrected chi connectivity index (χ4v) is 2.30. The second-order valence-corrected chi connectivity index (χ2v) is 7.41. The van der Waals surface area contributed by atoms with E-state index in [0.29, 0.717) is 0 Å². The van der Waals surface area contributed by atoms with Crippen LogP contribution >= 0.6 is 0 Å². The second-order valence-electron chi connectivity index (χ2n) is 6.41. The molecule has 0 N–H and O–H groups in total. The van der Waals surface area contributed by atoms with Gasteiger partial charge in [-0.2, -0.15) is 19.6 Å². The Morgan fingerprint density at radius 3 is 1.30 bits per heavy atom. The standard InChI is InChI=1S/3C7H14N.C5H5.Ti/c3*1-3-5-6-7-8-4-2;1-2-4-5-3-1;/h3*3H,1,4-7H2,2H3;1-3H,4H2;/q3*-1;;+3. The number of nitrogens with zero attached hydrogens (tertiary/aromatic N) is 3. The zero-order valence-electron chi connectivity index (χ0n) is 20.1. The van der Waals surface area contributed by atoms with Crippen molar-refractivity contribution in [2.24, 2.45) is 0 Å². The van der Waals surface area contributed by atoms with Crippen LogP contribution in [0.25, 0.3) is 16.0 Å². The number of hydrogen-bond donors (Lipinski definition) is 0. The maximum atomic E-state index is 4.16. The first-order valence-electron chi connectivity index (χ1n) is 11.4. The molecular formula is C26H47N3Ti. The van der Waals surface area contributed by atoms with Crippen molar-refractivity contribution in [3.8, 4) is 0 Å². The molecule has 0 radical (unpaired) electrons. The summed E-state index contributed by atoms with van der Waals surface area (Å²) in [6.45, 7) is 22.9. The van der Waals surface area contributed by atoms with Gasteiger partial charge in [-0.1, -0.05) is 58.3 Å². The van der Waals surface area contributed by atoms with Crippen molar-refractivity contribution in [1.29, 1.82) is 0 Å². The predicted octanol–water partition coefficient (Wildman–Crippen LogP) is 8.42. The molecule has 3 nitrogen and oxygen atoms in total. The maximum absolute atomic E-state index is 4.16.